The van der Waals surface area contributed by atoms with Crippen LogP contribution in [-0.2, 0) is 17.6 Å². The van der Waals surface area contributed by atoms with Crippen LogP contribution in [0.25, 0.3) is 0 Å². The van der Waals surface area contributed by atoms with Gasteiger partial charge in [0.1, 0.15) is 0 Å². The number of rotatable bonds is 8. The molecule has 0 N–H and O–H groups in total. The van der Waals surface area contributed by atoms with Gasteiger partial charge in [-0.1, -0.05) is 55.1 Å². The molecule has 7 heteroatoms. The van der Waals surface area contributed by atoms with E-state index in [9.17, 15) is 9.59 Å². The summed E-state index contributed by atoms with van der Waals surface area (Å²) in [5, 5.41) is 1.93. The number of carbonyl (C=O) groups excluding carboxylic acids is 2. The molecule has 0 bridgehead atoms. The summed E-state index contributed by atoms with van der Waals surface area (Å²) < 4.78 is 0.834. The molecule has 1 fully saturated rings. The summed E-state index contributed by atoms with van der Waals surface area (Å²) in [4.78, 5) is 34.1. The second-order valence-electron chi connectivity index (χ2n) is 8.25. The standard InChI is InChI=1S/C26H29N3O2S2/c1-3-20-7-9-21(10-8-20)24(30)18-33-26-27-22(17-32-26)16-25(31)29-13-11-28(12-14-29)23-6-4-5-19(2)15-23/h4-10,15,17H,3,11-14,16,18H2,1-2H3. The summed E-state index contributed by atoms with van der Waals surface area (Å²) in [7, 11) is 0. The molecule has 0 radical (unpaired) electrons. The van der Waals surface area contributed by atoms with Crippen LogP contribution >= 0.6 is 23.1 Å². The van der Waals surface area contributed by atoms with Gasteiger partial charge in [-0.05, 0) is 36.6 Å². The molecule has 5 nitrogen and oxygen atoms in total. The summed E-state index contributed by atoms with van der Waals surface area (Å²) in [6.07, 6.45) is 1.28. The van der Waals surface area contributed by atoms with Gasteiger partial charge in [-0.25, -0.2) is 4.98 Å². The first-order chi connectivity index (χ1) is 16.0. The minimum absolute atomic E-state index is 0.0990. The highest BCUT2D eigenvalue weighted by atomic mass is 32.2. The Kier molecular flexibility index (Phi) is 7.83. The van der Waals surface area contributed by atoms with E-state index in [0.29, 0.717) is 12.2 Å². The molecule has 2 aromatic carbocycles. The van der Waals surface area contributed by atoms with Gasteiger partial charge < -0.3 is 9.80 Å². The highest BCUT2D eigenvalue weighted by Gasteiger charge is 2.22. The number of thiazole rings is 1. The van der Waals surface area contributed by atoms with Crippen LogP contribution in [0.2, 0.25) is 0 Å². The number of piperazine rings is 1. The van der Waals surface area contributed by atoms with E-state index in [1.807, 2.05) is 34.5 Å². The number of ketones is 1. The third-order valence-corrected chi connectivity index (χ3v) is 7.94. The van der Waals surface area contributed by atoms with Crippen LogP contribution in [0.15, 0.2) is 58.3 Å². The van der Waals surface area contributed by atoms with Crippen LogP contribution < -0.4 is 4.90 Å². The van der Waals surface area contributed by atoms with E-state index < -0.39 is 0 Å². The second kappa shape index (κ2) is 11.0. The lowest BCUT2D eigenvalue weighted by atomic mass is 10.1. The fourth-order valence-electron chi connectivity index (χ4n) is 3.88. The minimum atomic E-state index is 0.0990. The van der Waals surface area contributed by atoms with Gasteiger partial charge >= 0.3 is 0 Å². The maximum absolute atomic E-state index is 12.8. The molecule has 1 saturated heterocycles. The third-order valence-electron chi connectivity index (χ3n) is 5.87. The van der Waals surface area contributed by atoms with Gasteiger partial charge in [-0.2, -0.15) is 0 Å². The Labute approximate surface area is 203 Å². The number of carbonyl (C=O) groups is 2. The third kappa shape index (κ3) is 6.24. The predicted molar refractivity (Wildman–Crippen MR) is 137 cm³/mol. The number of benzene rings is 2. The van der Waals surface area contributed by atoms with E-state index in [-0.39, 0.29) is 11.7 Å². The Bertz CT molecular complexity index is 1100. The van der Waals surface area contributed by atoms with E-state index in [4.69, 9.17) is 0 Å². The van der Waals surface area contributed by atoms with Crippen LogP contribution in [0.5, 0.6) is 0 Å². The molecule has 0 atom stereocenters. The van der Waals surface area contributed by atoms with Crippen LogP contribution in [-0.4, -0.2) is 53.5 Å². The highest BCUT2D eigenvalue weighted by Crippen LogP contribution is 2.24. The predicted octanol–water partition coefficient (Wildman–Crippen LogP) is 4.88. The zero-order valence-corrected chi connectivity index (χ0v) is 20.8. The average Bonchev–Trinajstić information content (AvgIpc) is 3.30. The molecule has 0 aliphatic carbocycles. The molecule has 1 aliphatic rings. The molecule has 0 unspecified atom stereocenters. The van der Waals surface area contributed by atoms with Gasteiger partial charge in [0.2, 0.25) is 5.91 Å². The number of thioether (sulfide) groups is 1. The molecular formula is C26H29N3O2S2. The van der Waals surface area contributed by atoms with Crippen LogP contribution in [0.3, 0.4) is 0 Å². The number of nitrogens with zero attached hydrogens (tertiary/aromatic N) is 3. The fourth-order valence-corrected chi connectivity index (χ4v) is 5.62. The Morgan fingerprint density at radius 3 is 2.52 bits per heavy atom. The molecular weight excluding hydrogens is 450 g/mol. The van der Waals surface area contributed by atoms with Crippen molar-refractivity contribution in [3.63, 3.8) is 0 Å². The molecule has 0 saturated carbocycles. The number of aryl methyl sites for hydroxylation is 2. The summed E-state index contributed by atoms with van der Waals surface area (Å²) in [5.74, 6) is 0.572. The molecule has 1 aliphatic heterocycles. The number of hydrogen-bond acceptors (Lipinski definition) is 6. The smallest absolute Gasteiger partial charge is 0.228 e. The van der Waals surface area contributed by atoms with Gasteiger partial charge in [0.05, 0.1) is 17.9 Å². The van der Waals surface area contributed by atoms with E-state index in [0.717, 1.165) is 48.2 Å². The first kappa shape index (κ1) is 23.5. The number of hydrogen-bond donors (Lipinski definition) is 0. The molecule has 1 aromatic heterocycles. The van der Waals surface area contributed by atoms with E-state index in [1.54, 1.807) is 0 Å². The van der Waals surface area contributed by atoms with E-state index >= 15 is 0 Å². The quantitative estimate of drug-likeness (QED) is 0.340. The maximum Gasteiger partial charge on any atom is 0.228 e. The normalized spacial score (nSPS) is 13.9. The van der Waals surface area contributed by atoms with Crippen molar-refractivity contribution in [1.29, 1.82) is 0 Å². The lowest BCUT2D eigenvalue weighted by molar-refractivity contribution is -0.130. The van der Waals surface area contributed by atoms with Gasteiger partial charge in [-0.3, -0.25) is 9.59 Å². The van der Waals surface area contributed by atoms with Crippen LogP contribution in [0.1, 0.15) is 34.1 Å². The largest absolute Gasteiger partial charge is 0.368 e. The number of Topliss-reactive ketones (excluding diaryl/α,β-unsaturated/α-hetero) is 1. The number of anilines is 1. The van der Waals surface area contributed by atoms with Crippen molar-refractivity contribution in [1.82, 2.24) is 9.88 Å². The fraction of sp³-hybridized carbons (Fsp3) is 0.346. The van der Waals surface area contributed by atoms with Crippen molar-refractivity contribution in [3.8, 4) is 0 Å². The maximum atomic E-state index is 12.8. The molecule has 172 valence electrons. The van der Waals surface area contributed by atoms with Crippen LogP contribution in [0.4, 0.5) is 5.69 Å². The van der Waals surface area contributed by atoms with E-state index in [2.05, 4.69) is 48.0 Å². The highest BCUT2D eigenvalue weighted by molar-refractivity contribution is 8.01. The van der Waals surface area contributed by atoms with Crippen LogP contribution in [0, 0.1) is 6.92 Å². The van der Waals surface area contributed by atoms with Crippen molar-refractivity contribution < 1.29 is 9.59 Å². The topological polar surface area (TPSA) is 53.5 Å². The minimum Gasteiger partial charge on any atom is -0.368 e. The van der Waals surface area contributed by atoms with Crippen molar-refractivity contribution in [2.75, 3.05) is 36.8 Å². The van der Waals surface area contributed by atoms with Crippen molar-refractivity contribution in [3.05, 3.63) is 76.3 Å². The Morgan fingerprint density at radius 1 is 1.06 bits per heavy atom. The Morgan fingerprint density at radius 2 is 1.82 bits per heavy atom. The summed E-state index contributed by atoms with van der Waals surface area (Å²) in [6, 6.07) is 16.3. The van der Waals surface area contributed by atoms with Gasteiger partial charge in [0.15, 0.2) is 10.1 Å². The van der Waals surface area contributed by atoms with Crippen molar-refractivity contribution >= 4 is 40.5 Å². The van der Waals surface area contributed by atoms with Gasteiger partial charge in [-0.15, -0.1) is 11.3 Å². The lowest BCUT2D eigenvalue weighted by Gasteiger charge is -2.36. The lowest BCUT2D eigenvalue weighted by Crippen LogP contribution is -2.49. The van der Waals surface area contributed by atoms with E-state index in [1.165, 1.54) is 39.9 Å². The number of aromatic nitrogens is 1. The first-order valence-corrected chi connectivity index (χ1v) is 13.2. The Balaban J connectivity index is 1.24. The molecule has 4 rings (SSSR count). The SMILES string of the molecule is CCc1ccc(C(=O)CSc2nc(CC(=O)N3CCN(c4cccc(C)c4)CC3)cs2)cc1. The van der Waals surface area contributed by atoms with Gasteiger partial charge in [0.25, 0.3) is 0 Å². The van der Waals surface area contributed by atoms with Crippen molar-refractivity contribution in [2.45, 2.75) is 31.0 Å². The average molecular weight is 480 g/mol. The molecule has 0 spiro atoms. The molecule has 2 heterocycles. The monoisotopic (exact) mass is 479 g/mol. The number of amides is 1. The zero-order valence-electron chi connectivity index (χ0n) is 19.1. The van der Waals surface area contributed by atoms with Gasteiger partial charge in [0, 0.05) is 42.8 Å². The summed E-state index contributed by atoms with van der Waals surface area (Å²) in [6.45, 7) is 7.34. The summed E-state index contributed by atoms with van der Waals surface area (Å²) >= 11 is 2.94. The Hall–Kier alpha value is -2.64. The van der Waals surface area contributed by atoms with Crippen molar-refractivity contribution in [2.24, 2.45) is 0 Å². The molecule has 3 aromatic rings. The second-order valence-corrected chi connectivity index (χ2v) is 10.3. The molecule has 33 heavy (non-hydrogen) atoms. The first-order valence-electron chi connectivity index (χ1n) is 11.3. The summed E-state index contributed by atoms with van der Waals surface area (Å²) in [5.41, 5.74) is 5.22. The zero-order chi connectivity index (χ0) is 23.2. The molecule has 1 amide bonds.